The molecule has 0 aliphatic carbocycles. The van der Waals surface area contributed by atoms with E-state index in [1.54, 1.807) is 19.2 Å². The minimum atomic E-state index is -0.949. The minimum Gasteiger partial charge on any atom is -0.463 e. The van der Waals surface area contributed by atoms with Crippen LogP contribution in [0.5, 0.6) is 6.01 Å². The van der Waals surface area contributed by atoms with Gasteiger partial charge in [-0.05, 0) is 18.8 Å². The largest absolute Gasteiger partial charge is 0.463 e. The van der Waals surface area contributed by atoms with Crippen molar-refractivity contribution in [3.05, 3.63) is 42.0 Å². The van der Waals surface area contributed by atoms with Gasteiger partial charge in [0.25, 0.3) is 0 Å². The molecule has 2 aromatic rings. The van der Waals surface area contributed by atoms with Crippen LogP contribution in [-0.4, -0.2) is 66.2 Å². The molecule has 1 aromatic carbocycles. The van der Waals surface area contributed by atoms with Gasteiger partial charge in [0.2, 0.25) is 5.91 Å². The third kappa shape index (κ3) is 7.60. The first kappa shape index (κ1) is 25.8. The molecule has 1 aromatic heterocycles. The Balaban J connectivity index is 1.51. The van der Waals surface area contributed by atoms with Crippen LogP contribution in [0.4, 0.5) is 9.18 Å². The van der Waals surface area contributed by atoms with Crippen molar-refractivity contribution in [2.45, 2.75) is 25.9 Å². The number of carbonyl (C=O) groups excluding carboxylic acids is 2. The summed E-state index contributed by atoms with van der Waals surface area (Å²) >= 11 is 0. The van der Waals surface area contributed by atoms with Gasteiger partial charge in [-0.2, -0.15) is 0 Å². The molecule has 4 N–H and O–H groups in total. The Hall–Kier alpha value is -3.80. The molecule has 12 heteroatoms. The summed E-state index contributed by atoms with van der Waals surface area (Å²) in [5, 5.41) is 8.95. The van der Waals surface area contributed by atoms with Crippen molar-refractivity contribution in [3.8, 4) is 17.1 Å². The number of halogens is 1. The number of nitrogens with zero attached hydrogens (tertiary/aromatic N) is 3. The molecule has 0 saturated carbocycles. The molecule has 0 unspecified atom stereocenters. The number of methoxy groups -OCH3 is 1. The monoisotopic (exact) mass is 488 g/mol. The molecule has 1 aliphatic heterocycles. The number of guanidine groups is 1. The van der Waals surface area contributed by atoms with Gasteiger partial charge in [0.1, 0.15) is 12.4 Å². The van der Waals surface area contributed by atoms with Gasteiger partial charge in [-0.1, -0.05) is 18.2 Å². The summed E-state index contributed by atoms with van der Waals surface area (Å²) in [6.45, 7) is 1.90. The van der Waals surface area contributed by atoms with E-state index in [9.17, 15) is 14.0 Å². The smallest absolute Gasteiger partial charge is 0.414 e. The van der Waals surface area contributed by atoms with Crippen molar-refractivity contribution in [1.82, 2.24) is 20.2 Å². The summed E-state index contributed by atoms with van der Waals surface area (Å²) in [5.41, 5.74) is 5.88. The van der Waals surface area contributed by atoms with E-state index >= 15 is 0 Å². The third-order valence-electron chi connectivity index (χ3n) is 5.55. The van der Waals surface area contributed by atoms with Crippen LogP contribution < -0.4 is 15.8 Å². The van der Waals surface area contributed by atoms with Gasteiger partial charge >= 0.3 is 12.1 Å². The first-order valence-corrected chi connectivity index (χ1v) is 11.1. The van der Waals surface area contributed by atoms with Gasteiger partial charge in [-0.25, -0.2) is 19.2 Å². The van der Waals surface area contributed by atoms with Crippen molar-refractivity contribution >= 4 is 18.0 Å². The lowest BCUT2D eigenvalue weighted by Crippen LogP contribution is -2.40. The highest BCUT2D eigenvalue weighted by molar-refractivity contribution is 5.90. The number of carbonyl (C=O) groups is 2. The van der Waals surface area contributed by atoms with Gasteiger partial charge in [0.05, 0.1) is 19.6 Å². The van der Waals surface area contributed by atoms with E-state index in [1.807, 2.05) is 10.2 Å². The van der Waals surface area contributed by atoms with E-state index in [4.69, 9.17) is 25.4 Å². The summed E-state index contributed by atoms with van der Waals surface area (Å²) in [4.78, 5) is 33.7. The van der Waals surface area contributed by atoms with Crippen LogP contribution in [0.25, 0.3) is 11.1 Å². The predicted molar refractivity (Wildman–Crippen MR) is 124 cm³/mol. The lowest BCUT2D eigenvalue weighted by Gasteiger charge is -2.31. The van der Waals surface area contributed by atoms with Crippen molar-refractivity contribution in [1.29, 1.82) is 5.41 Å². The van der Waals surface area contributed by atoms with Crippen LogP contribution in [0.15, 0.2) is 30.6 Å². The number of hydrogen-bond acceptors (Lipinski definition) is 8. The Morgan fingerprint density at radius 3 is 2.63 bits per heavy atom. The Kier molecular flexibility index (Phi) is 9.30. The number of rotatable bonds is 9. The van der Waals surface area contributed by atoms with Gasteiger partial charge in [0.15, 0.2) is 5.96 Å². The number of benzene rings is 1. The van der Waals surface area contributed by atoms with Crippen molar-refractivity contribution in [2.24, 2.45) is 11.7 Å². The molecular formula is C23H29FN6O5. The van der Waals surface area contributed by atoms with E-state index in [1.165, 1.54) is 18.5 Å². The average molecular weight is 489 g/mol. The molecule has 188 valence electrons. The second-order valence-electron chi connectivity index (χ2n) is 8.03. The normalized spacial score (nSPS) is 13.8. The quantitative estimate of drug-likeness (QED) is 0.358. The average Bonchev–Trinajstić information content (AvgIpc) is 2.85. The lowest BCUT2D eigenvalue weighted by molar-refractivity contribution is -0.133. The van der Waals surface area contributed by atoms with Gasteiger partial charge in [-0.15, -0.1) is 0 Å². The molecule has 1 fully saturated rings. The van der Waals surface area contributed by atoms with Crippen molar-refractivity contribution in [2.75, 3.05) is 33.4 Å². The SMILES string of the molecule is COCCC(=O)N1CCC(COc2ncc(-c3cccc(COC(=O)NC(=N)N)c3F)cn2)CC1. The molecule has 1 saturated heterocycles. The summed E-state index contributed by atoms with van der Waals surface area (Å²) in [5.74, 6) is -0.749. The van der Waals surface area contributed by atoms with Crippen LogP contribution in [0.3, 0.4) is 0 Å². The molecular weight excluding hydrogens is 459 g/mol. The Bertz CT molecular complexity index is 1030. The number of amides is 2. The fraction of sp³-hybridized carbons (Fsp3) is 0.435. The fourth-order valence-corrected chi connectivity index (χ4v) is 3.62. The Labute approximate surface area is 202 Å². The number of nitrogens with two attached hydrogens (primary N) is 1. The van der Waals surface area contributed by atoms with Crippen molar-refractivity contribution in [3.63, 3.8) is 0 Å². The number of piperidine rings is 1. The molecule has 0 spiro atoms. The van der Waals surface area contributed by atoms with Crippen LogP contribution in [-0.2, 0) is 20.9 Å². The number of nitrogens with one attached hydrogen (secondary N) is 2. The maximum absolute atomic E-state index is 14.9. The van der Waals surface area contributed by atoms with E-state index in [0.717, 1.165) is 12.8 Å². The number of likely N-dealkylation sites (tertiary alicyclic amines) is 1. The molecule has 35 heavy (non-hydrogen) atoms. The summed E-state index contributed by atoms with van der Waals surface area (Å²) < 4.78 is 30.5. The highest BCUT2D eigenvalue weighted by atomic mass is 19.1. The van der Waals surface area contributed by atoms with Gasteiger partial charge < -0.3 is 24.8 Å². The van der Waals surface area contributed by atoms with Crippen LogP contribution >= 0.6 is 0 Å². The molecule has 2 amide bonds. The van der Waals surface area contributed by atoms with E-state index in [-0.39, 0.29) is 29.7 Å². The topological polar surface area (TPSA) is 153 Å². The zero-order valence-electron chi connectivity index (χ0n) is 19.5. The summed E-state index contributed by atoms with van der Waals surface area (Å²) in [6.07, 6.45) is 4.04. The molecule has 1 aliphatic rings. The highest BCUT2D eigenvalue weighted by Crippen LogP contribution is 2.25. The number of aromatic nitrogens is 2. The number of hydrogen-bond donors (Lipinski definition) is 3. The number of alkyl carbamates (subject to hydrolysis) is 1. The molecule has 11 nitrogen and oxygen atoms in total. The zero-order chi connectivity index (χ0) is 25.2. The lowest BCUT2D eigenvalue weighted by atomic mass is 9.97. The van der Waals surface area contributed by atoms with E-state index in [0.29, 0.717) is 44.2 Å². The summed E-state index contributed by atoms with van der Waals surface area (Å²) in [7, 11) is 1.58. The fourth-order valence-electron chi connectivity index (χ4n) is 3.62. The highest BCUT2D eigenvalue weighted by Gasteiger charge is 2.23. The van der Waals surface area contributed by atoms with Gasteiger partial charge in [0, 0.05) is 49.3 Å². The molecule has 3 rings (SSSR count). The molecule has 0 radical (unpaired) electrons. The second kappa shape index (κ2) is 12.6. The van der Waals surface area contributed by atoms with E-state index < -0.39 is 17.9 Å². The second-order valence-corrected chi connectivity index (χ2v) is 8.03. The molecule has 2 heterocycles. The van der Waals surface area contributed by atoms with E-state index in [2.05, 4.69) is 9.97 Å². The number of ether oxygens (including phenoxy) is 3. The van der Waals surface area contributed by atoms with Crippen molar-refractivity contribution < 1.29 is 28.2 Å². The van der Waals surface area contributed by atoms with Gasteiger partial charge in [-0.3, -0.25) is 15.5 Å². The first-order valence-electron chi connectivity index (χ1n) is 11.1. The van der Waals surface area contributed by atoms with Crippen LogP contribution in [0.1, 0.15) is 24.8 Å². The Morgan fingerprint density at radius 2 is 1.97 bits per heavy atom. The summed E-state index contributed by atoms with van der Waals surface area (Å²) in [6, 6.07) is 4.86. The molecule has 0 bridgehead atoms. The minimum absolute atomic E-state index is 0.104. The zero-order valence-corrected chi connectivity index (χ0v) is 19.5. The maximum atomic E-state index is 14.9. The maximum Gasteiger partial charge on any atom is 0.414 e. The standard InChI is InChI=1S/C23H29FN6O5/c1-33-10-7-19(31)30-8-5-15(6-9-30)13-34-22-27-11-17(12-28-22)18-4-2-3-16(20(18)24)14-35-23(32)29-21(25)26/h2-4,11-12,15H,5-10,13-14H2,1H3,(H4,25,26,29,32). The Morgan fingerprint density at radius 1 is 1.26 bits per heavy atom. The third-order valence-corrected chi connectivity index (χ3v) is 5.55. The first-order chi connectivity index (χ1) is 16.9. The van der Waals surface area contributed by atoms with Crippen LogP contribution in [0.2, 0.25) is 0 Å². The predicted octanol–water partition coefficient (Wildman–Crippen LogP) is 2.06. The van der Waals surface area contributed by atoms with Crippen LogP contribution in [0, 0.1) is 17.1 Å². The molecule has 0 atom stereocenters.